The molecule has 2 aliphatic rings. The van der Waals surface area contributed by atoms with Gasteiger partial charge in [0.2, 0.25) is 0 Å². The van der Waals surface area contributed by atoms with Crippen LogP contribution in [0.25, 0.3) is 5.82 Å². The number of nitrogens with one attached hydrogen (secondary N) is 2. The highest BCUT2D eigenvalue weighted by Crippen LogP contribution is 2.28. The average Bonchev–Trinajstić information content (AvgIpc) is 3.08. The Kier molecular flexibility index (Phi) is 4.54. The largest absolute Gasteiger partial charge is 0.317 e. The molecule has 1 spiro atoms. The first-order chi connectivity index (χ1) is 12.2. The minimum absolute atomic E-state index is 0.248. The molecule has 2 fully saturated rings. The zero-order valence-corrected chi connectivity index (χ0v) is 14.6. The summed E-state index contributed by atoms with van der Waals surface area (Å²) in [5, 5.41) is 11.2. The molecule has 4 heterocycles. The van der Waals surface area contributed by atoms with E-state index in [-0.39, 0.29) is 11.4 Å². The molecule has 1 atom stereocenters. The van der Waals surface area contributed by atoms with E-state index in [9.17, 15) is 4.39 Å². The smallest absolute Gasteiger partial charge is 0.161 e. The molecule has 25 heavy (non-hydrogen) atoms. The summed E-state index contributed by atoms with van der Waals surface area (Å²) in [6.45, 7) is 7.56. The molecule has 0 saturated carbocycles. The predicted molar refractivity (Wildman–Crippen MR) is 94.1 cm³/mol. The quantitative estimate of drug-likeness (QED) is 0.884. The molecule has 134 valence electrons. The molecule has 0 unspecified atom stereocenters. The topological polar surface area (TPSA) is 58.0 Å². The molecule has 0 aliphatic carbocycles. The number of pyridine rings is 1. The summed E-state index contributed by atoms with van der Waals surface area (Å²) < 4.78 is 14.6. The van der Waals surface area contributed by atoms with E-state index in [0.717, 1.165) is 32.7 Å². The molecule has 0 aromatic carbocycles. The van der Waals surface area contributed by atoms with Gasteiger partial charge in [0.25, 0.3) is 0 Å². The maximum atomic E-state index is 13.1. The minimum atomic E-state index is -0.354. The van der Waals surface area contributed by atoms with E-state index >= 15 is 0 Å². The molecule has 0 amide bonds. The van der Waals surface area contributed by atoms with Crippen LogP contribution in [0, 0.1) is 5.82 Å². The Bertz CT molecular complexity index is 701. The van der Waals surface area contributed by atoms with Crippen LogP contribution in [0.4, 0.5) is 4.39 Å². The van der Waals surface area contributed by atoms with Crippen molar-refractivity contribution in [2.45, 2.75) is 31.3 Å². The number of piperidine rings is 1. The van der Waals surface area contributed by atoms with E-state index in [4.69, 9.17) is 0 Å². The van der Waals surface area contributed by atoms with Gasteiger partial charge in [0, 0.05) is 37.4 Å². The van der Waals surface area contributed by atoms with Crippen LogP contribution in [0.5, 0.6) is 0 Å². The van der Waals surface area contributed by atoms with Crippen molar-refractivity contribution in [2.75, 3.05) is 32.7 Å². The van der Waals surface area contributed by atoms with E-state index in [0.29, 0.717) is 11.9 Å². The Morgan fingerprint density at radius 1 is 1.20 bits per heavy atom. The highest BCUT2D eigenvalue weighted by Gasteiger charge is 2.37. The molecule has 2 aromatic rings. The number of aromatic nitrogens is 3. The first-order valence-corrected chi connectivity index (χ1v) is 9.02. The number of hydrogen-bond donors (Lipinski definition) is 2. The fraction of sp³-hybridized carbons (Fsp3) is 0.556. The molecule has 4 rings (SSSR count). The van der Waals surface area contributed by atoms with Gasteiger partial charge >= 0.3 is 0 Å². The third kappa shape index (κ3) is 3.44. The summed E-state index contributed by atoms with van der Waals surface area (Å²) in [5.41, 5.74) is 1.43. The molecule has 0 bridgehead atoms. The van der Waals surface area contributed by atoms with E-state index in [1.807, 2.05) is 12.3 Å². The maximum Gasteiger partial charge on any atom is 0.161 e. The highest BCUT2D eigenvalue weighted by molar-refractivity contribution is 5.26. The Morgan fingerprint density at radius 3 is 2.72 bits per heavy atom. The summed E-state index contributed by atoms with van der Waals surface area (Å²) in [7, 11) is 0. The molecule has 2 aromatic heterocycles. The Morgan fingerprint density at radius 2 is 2.04 bits per heavy atom. The van der Waals surface area contributed by atoms with Crippen molar-refractivity contribution < 1.29 is 4.39 Å². The standard InChI is InChI=1S/C18H25FN6/c1-14(24-9-8-22-18(13-24)4-6-20-7-5-18)15-2-3-17(21-10-15)25-12-16(19)11-23-25/h2-3,10-12,14,20,22H,4-9,13H2,1H3/t14-/m0/s1. The van der Waals surface area contributed by atoms with Crippen LogP contribution in [0.1, 0.15) is 31.4 Å². The fourth-order valence-electron chi connectivity index (χ4n) is 3.98. The summed E-state index contributed by atoms with van der Waals surface area (Å²) in [6, 6.07) is 4.29. The van der Waals surface area contributed by atoms with Crippen LogP contribution in [-0.2, 0) is 0 Å². The van der Waals surface area contributed by atoms with Crippen molar-refractivity contribution in [1.29, 1.82) is 0 Å². The van der Waals surface area contributed by atoms with Gasteiger partial charge in [0.05, 0.1) is 12.4 Å². The second-order valence-electron chi connectivity index (χ2n) is 7.16. The van der Waals surface area contributed by atoms with Crippen LogP contribution < -0.4 is 10.6 Å². The van der Waals surface area contributed by atoms with Crippen molar-refractivity contribution in [3.63, 3.8) is 0 Å². The fourth-order valence-corrected chi connectivity index (χ4v) is 3.98. The number of hydrogen-bond acceptors (Lipinski definition) is 5. The third-order valence-electron chi connectivity index (χ3n) is 5.55. The Labute approximate surface area is 147 Å². The lowest BCUT2D eigenvalue weighted by Crippen LogP contribution is -2.63. The van der Waals surface area contributed by atoms with Gasteiger partial charge in [-0.3, -0.25) is 4.90 Å². The average molecular weight is 344 g/mol. The van der Waals surface area contributed by atoms with Crippen LogP contribution in [0.15, 0.2) is 30.7 Å². The number of rotatable bonds is 3. The van der Waals surface area contributed by atoms with Gasteiger partial charge in [-0.05, 0) is 44.5 Å². The van der Waals surface area contributed by atoms with Gasteiger partial charge in [0.15, 0.2) is 11.6 Å². The lowest BCUT2D eigenvalue weighted by molar-refractivity contribution is 0.0772. The molecule has 0 radical (unpaired) electrons. The van der Waals surface area contributed by atoms with Gasteiger partial charge in [-0.25, -0.2) is 14.1 Å². The van der Waals surface area contributed by atoms with Crippen molar-refractivity contribution in [3.05, 3.63) is 42.1 Å². The molecular weight excluding hydrogens is 319 g/mol. The first kappa shape index (κ1) is 16.6. The Balaban J connectivity index is 1.47. The molecule has 2 N–H and O–H groups in total. The molecule has 2 aliphatic heterocycles. The predicted octanol–water partition coefficient (Wildman–Crippen LogP) is 1.49. The van der Waals surface area contributed by atoms with Crippen LogP contribution in [0.3, 0.4) is 0 Å². The highest BCUT2D eigenvalue weighted by atomic mass is 19.1. The summed E-state index contributed by atoms with van der Waals surface area (Å²) in [4.78, 5) is 7.01. The minimum Gasteiger partial charge on any atom is -0.317 e. The second kappa shape index (κ2) is 6.82. The zero-order valence-electron chi connectivity index (χ0n) is 14.6. The SMILES string of the molecule is C[C@@H](c1ccc(-n2cc(F)cn2)nc1)N1CCNC2(CCNCC2)C1. The number of halogens is 1. The van der Waals surface area contributed by atoms with Gasteiger partial charge < -0.3 is 10.6 Å². The van der Waals surface area contributed by atoms with Gasteiger partial charge in [-0.2, -0.15) is 5.10 Å². The molecule has 6 nitrogen and oxygen atoms in total. The van der Waals surface area contributed by atoms with Gasteiger partial charge in [-0.15, -0.1) is 0 Å². The van der Waals surface area contributed by atoms with E-state index in [2.05, 4.69) is 38.6 Å². The normalized spacial score (nSPS) is 22.2. The van der Waals surface area contributed by atoms with Crippen molar-refractivity contribution in [1.82, 2.24) is 30.3 Å². The monoisotopic (exact) mass is 344 g/mol. The maximum absolute atomic E-state index is 13.1. The van der Waals surface area contributed by atoms with Crippen LogP contribution in [0.2, 0.25) is 0 Å². The second-order valence-corrected chi connectivity index (χ2v) is 7.16. The zero-order chi connectivity index (χ0) is 17.3. The van der Waals surface area contributed by atoms with Crippen molar-refractivity contribution in [3.8, 4) is 5.82 Å². The summed E-state index contributed by atoms with van der Waals surface area (Å²) in [5.74, 6) is 0.280. The lowest BCUT2D eigenvalue weighted by atomic mass is 9.85. The van der Waals surface area contributed by atoms with Crippen molar-refractivity contribution in [2.24, 2.45) is 0 Å². The van der Waals surface area contributed by atoms with E-state index in [1.165, 1.54) is 35.5 Å². The van der Waals surface area contributed by atoms with E-state index in [1.54, 1.807) is 0 Å². The van der Waals surface area contributed by atoms with Gasteiger partial charge in [0.1, 0.15) is 0 Å². The third-order valence-corrected chi connectivity index (χ3v) is 5.55. The molecular formula is C18H25FN6. The van der Waals surface area contributed by atoms with Crippen molar-refractivity contribution >= 4 is 0 Å². The summed E-state index contributed by atoms with van der Waals surface area (Å²) in [6.07, 6.45) is 6.77. The molecule has 2 saturated heterocycles. The number of nitrogens with zero attached hydrogens (tertiary/aromatic N) is 4. The van der Waals surface area contributed by atoms with E-state index < -0.39 is 0 Å². The van der Waals surface area contributed by atoms with Crippen LogP contribution in [-0.4, -0.2) is 57.9 Å². The van der Waals surface area contributed by atoms with Crippen LogP contribution >= 0.6 is 0 Å². The summed E-state index contributed by atoms with van der Waals surface area (Å²) >= 11 is 0. The Hall–Kier alpha value is -1.83. The first-order valence-electron chi connectivity index (χ1n) is 9.02. The van der Waals surface area contributed by atoms with Gasteiger partial charge in [-0.1, -0.05) is 6.07 Å². The number of piperazine rings is 1. The molecule has 7 heteroatoms. The lowest BCUT2D eigenvalue weighted by Gasteiger charge is -2.48.